The van der Waals surface area contributed by atoms with Crippen LogP contribution in [0.15, 0.2) is 24.3 Å². The highest BCUT2D eigenvalue weighted by atomic mass is 16.3. The zero-order chi connectivity index (χ0) is 20.7. The Bertz CT molecular complexity index is 766. The van der Waals surface area contributed by atoms with E-state index in [9.17, 15) is 20.0 Å². The zero-order valence-corrected chi connectivity index (χ0v) is 16.8. The number of piperidine rings is 1. The Kier molecular flexibility index (Phi) is 7.10. The fourth-order valence-electron chi connectivity index (χ4n) is 4.22. The van der Waals surface area contributed by atoms with E-state index >= 15 is 0 Å². The molecule has 1 saturated carbocycles. The molecule has 2 fully saturated rings. The fraction of sp³-hybridized carbons (Fsp3) is 0.591. The molecule has 1 aliphatic carbocycles. The third-order valence-electron chi connectivity index (χ3n) is 5.83. The van der Waals surface area contributed by atoms with Crippen LogP contribution in [0.25, 0.3) is 0 Å². The van der Waals surface area contributed by atoms with Crippen molar-refractivity contribution in [3.8, 4) is 6.07 Å². The smallest absolute Gasteiger partial charge is 0.256 e. The van der Waals surface area contributed by atoms with Crippen molar-refractivity contribution < 1.29 is 14.7 Å². The van der Waals surface area contributed by atoms with Gasteiger partial charge in [0.15, 0.2) is 0 Å². The Morgan fingerprint density at radius 3 is 2.59 bits per heavy atom. The summed E-state index contributed by atoms with van der Waals surface area (Å²) in [6.07, 6.45) is 6.45. The van der Waals surface area contributed by atoms with Crippen molar-refractivity contribution in [1.29, 1.82) is 5.26 Å². The maximum absolute atomic E-state index is 12.9. The lowest BCUT2D eigenvalue weighted by Crippen LogP contribution is -2.49. The van der Waals surface area contributed by atoms with E-state index in [4.69, 9.17) is 0 Å². The number of anilines is 1. The van der Waals surface area contributed by atoms with E-state index in [0.29, 0.717) is 43.6 Å². The van der Waals surface area contributed by atoms with Crippen LogP contribution in [0.3, 0.4) is 0 Å². The molecule has 7 heteroatoms. The van der Waals surface area contributed by atoms with E-state index in [-0.39, 0.29) is 18.4 Å². The molecule has 1 heterocycles. The molecule has 156 valence electrons. The van der Waals surface area contributed by atoms with Crippen LogP contribution < -0.4 is 10.6 Å². The molecule has 1 aromatic rings. The molecule has 1 aliphatic heterocycles. The van der Waals surface area contributed by atoms with Crippen molar-refractivity contribution in [3.63, 3.8) is 0 Å². The second kappa shape index (κ2) is 9.75. The van der Waals surface area contributed by atoms with E-state index in [0.717, 1.165) is 32.1 Å². The molecule has 29 heavy (non-hydrogen) atoms. The second-order valence-electron chi connectivity index (χ2n) is 8.10. The van der Waals surface area contributed by atoms with Crippen molar-refractivity contribution in [2.75, 3.05) is 25.0 Å². The summed E-state index contributed by atoms with van der Waals surface area (Å²) in [5.41, 5.74) is 0.285. The van der Waals surface area contributed by atoms with Crippen LogP contribution in [-0.2, 0) is 4.79 Å². The van der Waals surface area contributed by atoms with Gasteiger partial charge >= 0.3 is 0 Å². The molecule has 0 spiro atoms. The van der Waals surface area contributed by atoms with Gasteiger partial charge in [-0.3, -0.25) is 9.59 Å². The molecule has 0 aromatic heterocycles. The number of nitrogens with zero attached hydrogens (tertiary/aromatic N) is 2. The summed E-state index contributed by atoms with van der Waals surface area (Å²) < 4.78 is 0. The van der Waals surface area contributed by atoms with E-state index in [2.05, 4.69) is 16.7 Å². The highest BCUT2D eigenvalue weighted by Gasteiger charge is 2.32. The zero-order valence-electron chi connectivity index (χ0n) is 16.8. The van der Waals surface area contributed by atoms with E-state index in [1.165, 1.54) is 0 Å². The first-order valence-electron chi connectivity index (χ1n) is 10.6. The molecule has 3 rings (SSSR count). The van der Waals surface area contributed by atoms with Gasteiger partial charge in [0.1, 0.15) is 5.54 Å². The second-order valence-corrected chi connectivity index (χ2v) is 8.10. The van der Waals surface area contributed by atoms with E-state index in [1.807, 2.05) is 6.07 Å². The average Bonchev–Trinajstić information content (AvgIpc) is 2.98. The first kappa shape index (κ1) is 21.1. The number of likely N-dealkylation sites (tertiary alicyclic amines) is 1. The standard InChI is InChI=1S/C22H30N4O3/c23-16-22(11-5-1-2-6-12-22)25-20(28)14-24-19-10-4-3-9-18(19)21(29)26-13-7-8-17(27)15-26/h3-4,9-10,17,24,27H,1-2,5-8,11-15H2,(H,25,28). The predicted molar refractivity (Wildman–Crippen MR) is 110 cm³/mol. The van der Waals surface area contributed by atoms with Gasteiger partial charge in [-0.05, 0) is 37.8 Å². The normalized spacial score (nSPS) is 21.5. The number of benzene rings is 1. The Hall–Kier alpha value is -2.59. The number of nitriles is 1. The molecular formula is C22H30N4O3. The highest BCUT2D eigenvalue weighted by Crippen LogP contribution is 2.26. The van der Waals surface area contributed by atoms with Gasteiger partial charge in [0, 0.05) is 18.8 Å². The van der Waals surface area contributed by atoms with Crippen LogP contribution in [-0.4, -0.2) is 53.1 Å². The van der Waals surface area contributed by atoms with Gasteiger partial charge in [-0.15, -0.1) is 0 Å². The van der Waals surface area contributed by atoms with Gasteiger partial charge in [-0.2, -0.15) is 5.26 Å². The largest absolute Gasteiger partial charge is 0.391 e. The van der Waals surface area contributed by atoms with Crippen molar-refractivity contribution >= 4 is 17.5 Å². The molecule has 0 bridgehead atoms. The van der Waals surface area contributed by atoms with Crippen LogP contribution in [0.1, 0.15) is 61.7 Å². The summed E-state index contributed by atoms with van der Waals surface area (Å²) in [5, 5.41) is 25.5. The summed E-state index contributed by atoms with van der Waals surface area (Å²) in [4.78, 5) is 27.1. The third kappa shape index (κ3) is 5.48. The number of rotatable bonds is 5. The third-order valence-corrected chi connectivity index (χ3v) is 5.83. The van der Waals surface area contributed by atoms with Gasteiger partial charge in [-0.25, -0.2) is 0 Å². The van der Waals surface area contributed by atoms with Gasteiger partial charge in [0.2, 0.25) is 5.91 Å². The lowest BCUT2D eigenvalue weighted by Gasteiger charge is -2.30. The number of amides is 2. The molecule has 2 amide bonds. The molecular weight excluding hydrogens is 368 g/mol. The van der Waals surface area contributed by atoms with Crippen molar-refractivity contribution in [3.05, 3.63) is 29.8 Å². The Morgan fingerprint density at radius 2 is 1.90 bits per heavy atom. The number of hydrogen-bond acceptors (Lipinski definition) is 5. The Balaban J connectivity index is 1.63. The summed E-state index contributed by atoms with van der Waals surface area (Å²) in [7, 11) is 0. The lowest BCUT2D eigenvalue weighted by molar-refractivity contribution is -0.120. The van der Waals surface area contributed by atoms with E-state index < -0.39 is 11.6 Å². The summed E-state index contributed by atoms with van der Waals surface area (Å²) in [6.45, 7) is 0.949. The highest BCUT2D eigenvalue weighted by molar-refractivity contribution is 6.00. The molecule has 0 radical (unpaired) electrons. The fourth-order valence-corrected chi connectivity index (χ4v) is 4.22. The lowest BCUT2D eigenvalue weighted by atomic mass is 9.92. The maximum Gasteiger partial charge on any atom is 0.256 e. The Labute approximate surface area is 172 Å². The number of carbonyl (C=O) groups excluding carboxylic acids is 2. The van der Waals surface area contributed by atoms with Crippen LogP contribution in [0.2, 0.25) is 0 Å². The van der Waals surface area contributed by atoms with Crippen LogP contribution in [0, 0.1) is 11.3 Å². The Morgan fingerprint density at radius 1 is 1.17 bits per heavy atom. The molecule has 3 N–H and O–H groups in total. The number of nitrogens with one attached hydrogen (secondary N) is 2. The number of carbonyl (C=O) groups is 2. The minimum Gasteiger partial charge on any atom is -0.391 e. The monoisotopic (exact) mass is 398 g/mol. The van der Waals surface area contributed by atoms with Crippen molar-refractivity contribution in [1.82, 2.24) is 10.2 Å². The van der Waals surface area contributed by atoms with Gasteiger partial charge in [-0.1, -0.05) is 37.8 Å². The number of para-hydroxylation sites is 1. The molecule has 1 atom stereocenters. The van der Waals surface area contributed by atoms with E-state index in [1.54, 1.807) is 23.1 Å². The quantitative estimate of drug-likeness (QED) is 0.661. The van der Waals surface area contributed by atoms with Gasteiger partial charge in [0.05, 0.1) is 24.3 Å². The van der Waals surface area contributed by atoms with Crippen LogP contribution >= 0.6 is 0 Å². The summed E-state index contributed by atoms with van der Waals surface area (Å²) in [6, 6.07) is 9.41. The van der Waals surface area contributed by atoms with Crippen LogP contribution in [0.5, 0.6) is 0 Å². The van der Waals surface area contributed by atoms with Gasteiger partial charge in [0.25, 0.3) is 5.91 Å². The first-order chi connectivity index (χ1) is 14.0. The molecule has 2 aliphatic rings. The minimum absolute atomic E-state index is 0.00362. The summed E-state index contributed by atoms with van der Waals surface area (Å²) >= 11 is 0. The van der Waals surface area contributed by atoms with Crippen molar-refractivity contribution in [2.24, 2.45) is 0 Å². The summed E-state index contributed by atoms with van der Waals surface area (Å²) in [5.74, 6) is -0.395. The van der Waals surface area contributed by atoms with Crippen LogP contribution in [0.4, 0.5) is 5.69 Å². The molecule has 1 aromatic carbocycles. The van der Waals surface area contributed by atoms with Gasteiger partial charge < -0.3 is 20.6 Å². The minimum atomic E-state index is -0.783. The topological polar surface area (TPSA) is 105 Å². The molecule has 1 saturated heterocycles. The molecule has 7 nitrogen and oxygen atoms in total. The molecule has 1 unspecified atom stereocenters. The number of hydrogen-bond donors (Lipinski definition) is 3. The SMILES string of the molecule is N#CC1(NC(=O)CNc2ccccc2C(=O)N2CCCC(O)C2)CCCCCC1. The number of aliphatic hydroxyl groups is 1. The predicted octanol–water partition coefficient (Wildman–Crippen LogP) is 2.43. The number of β-amino-alcohol motifs (C(OH)–C–C–N with tert-alkyl or cyclic N) is 1. The van der Waals surface area contributed by atoms with Crippen molar-refractivity contribution in [2.45, 2.75) is 63.0 Å². The maximum atomic E-state index is 12.9. The first-order valence-corrected chi connectivity index (χ1v) is 10.6. The number of aliphatic hydroxyl groups excluding tert-OH is 1. The average molecular weight is 399 g/mol.